The lowest BCUT2D eigenvalue weighted by Crippen LogP contribution is -2.29. The summed E-state index contributed by atoms with van der Waals surface area (Å²) in [6, 6.07) is 16.4. The van der Waals surface area contributed by atoms with Crippen LogP contribution in [0.3, 0.4) is 0 Å². The van der Waals surface area contributed by atoms with E-state index < -0.39 is 0 Å². The molecule has 0 N–H and O–H groups in total. The molecule has 1 heterocycles. The molecule has 1 fully saturated rings. The van der Waals surface area contributed by atoms with Gasteiger partial charge in [0.1, 0.15) is 12.4 Å². The Bertz CT molecular complexity index is 1340. The van der Waals surface area contributed by atoms with E-state index >= 15 is 0 Å². The molecular formula is C26H19Br2Cl3N2O2S. The van der Waals surface area contributed by atoms with Crippen LogP contribution in [0.1, 0.15) is 24.5 Å². The highest BCUT2D eigenvalue weighted by molar-refractivity contribution is 9.11. The molecule has 4 nitrogen and oxygen atoms in total. The number of amidine groups is 1. The highest BCUT2D eigenvalue weighted by Crippen LogP contribution is 2.39. The summed E-state index contributed by atoms with van der Waals surface area (Å²) in [7, 11) is 0. The van der Waals surface area contributed by atoms with Gasteiger partial charge in [-0.25, -0.2) is 4.99 Å². The molecule has 0 radical (unpaired) electrons. The van der Waals surface area contributed by atoms with Crippen LogP contribution in [0.2, 0.25) is 15.1 Å². The van der Waals surface area contributed by atoms with Gasteiger partial charge in [0.25, 0.3) is 5.91 Å². The number of nitrogens with zero attached hydrogens (tertiary/aromatic N) is 2. The van der Waals surface area contributed by atoms with E-state index in [1.54, 1.807) is 29.2 Å². The highest BCUT2D eigenvalue weighted by Gasteiger charge is 2.32. The van der Waals surface area contributed by atoms with Crippen LogP contribution < -0.4 is 4.74 Å². The molecule has 4 rings (SSSR count). The third-order valence-corrected chi connectivity index (χ3v) is 8.25. The van der Waals surface area contributed by atoms with Crippen LogP contribution in [-0.4, -0.2) is 22.5 Å². The maximum atomic E-state index is 13.2. The fourth-order valence-electron chi connectivity index (χ4n) is 3.38. The van der Waals surface area contributed by atoms with E-state index in [4.69, 9.17) is 39.5 Å². The molecule has 3 aromatic rings. The van der Waals surface area contributed by atoms with Crippen LogP contribution in [-0.2, 0) is 11.4 Å². The maximum Gasteiger partial charge on any atom is 0.266 e. The Kier molecular flexibility index (Phi) is 9.47. The Morgan fingerprint density at radius 2 is 1.69 bits per heavy atom. The topological polar surface area (TPSA) is 41.9 Å². The summed E-state index contributed by atoms with van der Waals surface area (Å²) < 4.78 is 7.51. The summed E-state index contributed by atoms with van der Waals surface area (Å²) in [5.41, 5.74) is 2.48. The average molecular weight is 690 g/mol. The highest BCUT2D eigenvalue weighted by atomic mass is 79.9. The Morgan fingerprint density at radius 3 is 2.33 bits per heavy atom. The number of rotatable bonds is 7. The van der Waals surface area contributed by atoms with Crippen molar-refractivity contribution in [2.24, 2.45) is 4.99 Å². The summed E-state index contributed by atoms with van der Waals surface area (Å²) in [5, 5.41) is 2.27. The molecule has 0 atom stereocenters. The van der Waals surface area contributed by atoms with Crippen LogP contribution in [0.25, 0.3) is 6.08 Å². The van der Waals surface area contributed by atoms with Crippen molar-refractivity contribution in [3.05, 3.63) is 94.6 Å². The second-order valence-corrected chi connectivity index (χ2v) is 11.8. The molecule has 3 aromatic carbocycles. The Labute approximate surface area is 245 Å². The third kappa shape index (κ3) is 6.69. The van der Waals surface area contributed by atoms with E-state index in [1.807, 2.05) is 43.3 Å². The minimum absolute atomic E-state index is 0.0678. The molecule has 36 heavy (non-hydrogen) atoms. The number of carbonyl (C=O) groups excluding carboxylic acids is 1. The van der Waals surface area contributed by atoms with E-state index in [-0.39, 0.29) is 5.91 Å². The fourth-order valence-corrected chi connectivity index (χ4v) is 6.30. The van der Waals surface area contributed by atoms with Crippen molar-refractivity contribution in [1.82, 2.24) is 4.90 Å². The standard InChI is InChI=1S/C26H19Br2Cl3N2O2S/c1-2-9-33-25(34)23(36-26(33)32-18-6-4-17(29)5-7-18)13-16-10-19(27)24(20(28)11-16)35-14-15-3-8-21(30)22(31)12-15/h3-8,10-13H,2,9,14H2,1H3/b23-13-,32-26?. The van der Waals surface area contributed by atoms with Gasteiger partial charge in [-0.1, -0.05) is 47.8 Å². The van der Waals surface area contributed by atoms with Gasteiger partial charge in [-0.2, -0.15) is 0 Å². The van der Waals surface area contributed by atoms with E-state index in [9.17, 15) is 4.79 Å². The van der Waals surface area contributed by atoms with Crippen LogP contribution in [0.5, 0.6) is 5.75 Å². The molecular weight excluding hydrogens is 671 g/mol. The quantitative estimate of drug-likeness (QED) is 0.232. The van der Waals surface area contributed by atoms with Crippen molar-refractivity contribution in [3.63, 3.8) is 0 Å². The zero-order valence-electron chi connectivity index (χ0n) is 18.9. The second kappa shape index (κ2) is 12.4. The van der Waals surface area contributed by atoms with Crippen LogP contribution in [0, 0.1) is 0 Å². The number of halogens is 5. The first-order valence-electron chi connectivity index (χ1n) is 10.9. The first-order valence-corrected chi connectivity index (χ1v) is 14.4. The lowest BCUT2D eigenvalue weighted by atomic mass is 10.2. The van der Waals surface area contributed by atoms with E-state index in [2.05, 4.69) is 36.9 Å². The van der Waals surface area contributed by atoms with Gasteiger partial charge in [-0.15, -0.1) is 0 Å². The first-order chi connectivity index (χ1) is 17.2. The lowest BCUT2D eigenvalue weighted by molar-refractivity contribution is -0.122. The van der Waals surface area contributed by atoms with Gasteiger partial charge < -0.3 is 4.74 Å². The van der Waals surface area contributed by atoms with Crippen molar-refractivity contribution in [2.45, 2.75) is 20.0 Å². The second-order valence-electron chi connectivity index (χ2n) is 7.79. The smallest absolute Gasteiger partial charge is 0.266 e. The van der Waals surface area contributed by atoms with Gasteiger partial charge in [0, 0.05) is 11.6 Å². The minimum Gasteiger partial charge on any atom is -0.487 e. The molecule has 0 aromatic heterocycles. The van der Waals surface area contributed by atoms with E-state index in [0.717, 1.165) is 32.2 Å². The zero-order chi connectivity index (χ0) is 25.8. The normalized spacial score (nSPS) is 15.8. The van der Waals surface area contributed by atoms with E-state index in [1.165, 1.54) is 11.8 Å². The predicted octanol–water partition coefficient (Wildman–Crippen LogP) is 9.76. The molecule has 1 aliphatic heterocycles. The SMILES string of the molecule is CCCN1C(=O)/C(=C/c2cc(Br)c(OCc3ccc(Cl)c(Cl)c3)c(Br)c2)SC1=Nc1ccc(Cl)cc1. The molecule has 0 aliphatic carbocycles. The number of amides is 1. The van der Waals surface area contributed by atoms with Crippen LogP contribution >= 0.6 is 78.4 Å². The molecule has 1 aliphatic rings. The van der Waals surface area contributed by atoms with Gasteiger partial charge >= 0.3 is 0 Å². The Hall–Kier alpha value is -1.48. The van der Waals surface area contributed by atoms with Gasteiger partial charge in [-0.05, 0) is 116 Å². The van der Waals surface area contributed by atoms with Crippen molar-refractivity contribution in [1.29, 1.82) is 0 Å². The summed E-state index contributed by atoms with van der Waals surface area (Å²) in [6.45, 7) is 2.94. The number of thioether (sulfide) groups is 1. The molecule has 10 heteroatoms. The number of carbonyl (C=O) groups is 1. The van der Waals surface area contributed by atoms with Crippen molar-refractivity contribution in [2.75, 3.05) is 6.54 Å². The van der Waals surface area contributed by atoms with Gasteiger partial charge in [0.2, 0.25) is 0 Å². The zero-order valence-corrected chi connectivity index (χ0v) is 25.2. The van der Waals surface area contributed by atoms with Crippen molar-refractivity contribution >= 4 is 101 Å². The Balaban J connectivity index is 1.56. The summed E-state index contributed by atoms with van der Waals surface area (Å²) in [5.74, 6) is 0.577. The summed E-state index contributed by atoms with van der Waals surface area (Å²) in [4.78, 5) is 20.2. The molecule has 0 spiro atoms. The fraction of sp³-hybridized carbons (Fsp3) is 0.154. The number of aliphatic imine (C=N–C) groups is 1. The average Bonchev–Trinajstić information content (AvgIpc) is 3.11. The van der Waals surface area contributed by atoms with Crippen molar-refractivity contribution in [3.8, 4) is 5.75 Å². The summed E-state index contributed by atoms with van der Waals surface area (Å²) >= 11 is 26.6. The largest absolute Gasteiger partial charge is 0.487 e. The minimum atomic E-state index is -0.0678. The molecule has 0 unspecified atom stereocenters. The lowest BCUT2D eigenvalue weighted by Gasteiger charge is -2.14. The molecule has 0 saturated carbocycles. The monoisotopic (exact) mass is 686 g/mol. The Morgan fingerprint density at radius 1 is 1.00 bits per heavy atom. The first kappa shape index (κ1) is 27.6. The maximum absolute atomic E-state index is 13.2. The molecule has 0 bridgehead atoms. The van der Waals surface area contributed by atoms with E-state index in [0.29, 0.717) is 44.0 Å². The van der Waals surface area contributed by atoms with Gasteiger partial charge in [0.15, 0.2) is 5.17 Å². The molecule has 186 valence electrons. The van der Waals surface area contributed by atoms with Crippen LogP contribution in [0.15, 0.2) is 73.4 Å². The third-order valence-electron chi connectivity index (χ3n) is 5.07. The van der Waals surface area contributed by atoms with Gasteiger partial charge in [0.05, 0.1) is 29.6 Å². The predicted molar refractivity (Wildman–Crippen MR) is 159 cm³/mol. The number of hydrogen-bond donors (Lipinski definition) is 0. The molecule has 1 amide bonds. The van der Waals surface area contributed by atoms with Gasteiger partial charge in [-0.3, -0.25) is 9.69 Å². The number of benzene rings is 3. The summed E-state index contributed by atoms with van der Waals surface area (Å²) in [6.07, 6.45) is 2.68. The number of ether oxygens (including phenoxy) is 1. The number of hydrogen-bond acceptors (Lipinski definition) is 4. The molecule has 1 saturated heterocycles. The van der Waals surface area contributed by atoms with Crippen molar-refractivity contribution < 1.29 is 9.53 Å². The van der Waals surface area contributed by atoms with Crippen LogP contribution in [0.4, 0.5) is 5.69 Å².